The van der Waals surface area contributed by atoms with Crippen LogP contribution in [0.25, 0.3) is 16.6 Å². The number of carbonyl (C=O) groups excluding carboxylic acids is 1. The lowest BCUT2D eigenvalue weighted by Crippen LogP contribution is -2.12. The molecule has 2 aromatic carbocycles. The normalized spacial score (nSPS) is 10.6. The van der Waals surface area contributed by atoms with Crippen LogP contribution < -0.4 is 10.5 Å². The van der Waals surface area contributed by atoms with E-state index in [2.05, 4.69) is 0 Å². The average molecular weight is 296 g/mol. The first-order chi connectivity index (χ1) is 10.7. The van der Waals surface area contributed by atoms with Crippen LogP contribution in [0.5, 0.6) is 5.88 Å². The minimum atomic E-state index is -0.726. The van der Waals surface area contributed by atoms with Crippen molar-refractivity contribution < 1.29 is 14.3 Å². The van der Waals surface area contributed by atoms with Crippen molar-refractivity contribution in [2.75, 3.05) is 12.3 Å². The first-order valence-corrected chi connectivity index (χ1v) is 7.00. The maximum absolute atomic E-state index is 11.7. The molecular formula is C17H16N2O3. The Balaban J connectivity index is 2.15. The summed E-state index contributed by atoms with van der Waals surface area (Å²) in [5, 5.41) is 0.892. The monoisotopic (exact) mass is 296 g/mol. The third-order valence-corrected chi connectivity index (χ3v) is 3.26. The van der Waals surface area contributed by atoms with Gasteiger partial charge in [-0.2, -0.15) is 0 Å². The molecule has 0 bridgehead atoms. The van der Waals surface area contributed by atoms with E-state index in [1.807, 2.05) is 53.1 Å². The SMILES string of the molecule is CCOC(=O)Oc1cc2cc(N)ccc2n1-c1ccccc1. The number of para-hydroxylation sites is 1. The quantitative estimate of drug-likeness (QED) is 0.590. The molecule has 0 saturated heterocycles. The molecule has 5 heteroatoms. The van der Waals surface area contributed by atoms with Crippen LogP contribution in [0.3, 0.4) is 0 Å². The first kappa shape index (κ1) is 14.0. The second-order valence-electron chi connectivity index (χ2n) is 4.76. The molecular weight excluding hydrogens is 280 g/mol. The van der Waals surface area contributed by atoms with Gasteiger partial charge >= 0.3 is 6.16 Å². The first-order valence-electron chi connectivity index (χ1n) is 7.00. The van der Waals surface area contributed by atoms with Gasteiger partial charge in [0.2, 0.25) is 5.88 Å². The summed E-state index contributed by atoms with van der Waals surface area (Å²) >= 11 is 0. The van der Waals surface area contributed by atoms with Crippen molar-refractivity contribution in [1.29, 1.82) is 0 Å². The van der Waals surface area contributed by atoms with Gasteiger partial charge in [-0.1, -0.05) is 18.2 Å². The third kappa shape index (κ3) is 2.61. The van der Waals surface area contributed by atoms with Crippen LogP contribution in [0.1, 0.15) is 6.92 Å². The number of benzene rings is 2. The number of hydrogen-bond donors (Lipinski definition) is 1. The molecule has 0 aliphatic rings. The highest BCUT2D eigenvalue weighted by atomic mass is 16.7. The zero-order valence-corrected chi connectivity index (χ0v) is 12.2. The molecule has 0 atom stereocenters. The smallest absolute Gasteiger partial charge is 0.434 e. The minimum Gasteiger partial charge on any atom is -0.434 e. The van der Waals surface area contributed by atoms with Crippen LogP contribution in [0.2, 0.25) is 0 Å². The van der Waals surface area contributed by atoms with Crippen molar-refractivity contribution in [3.05, 3.63) is 54.6 Å². The molecule has 1 heterocycles. The van der Waals surface area contributed by atoms with Gasteiger partial charge in [0.25, 0.3) is 0 Å². The van der Waals surface area contributed by atoms with Crippen LogP contribution in [0.4, 0.5) is 10.5 Å². The number of fused-ring (bicyclic) bond motifs is 1. The molecule has 112 valence electrons. The van der Waals surface area contributed by atoms with Gasteiger partial charge in [0.05, 0.1) is 12.1 Å². The van der Waals surface area contributed by atoms with Crippen molar-refractivity contribution >= 4 is 22.7 Å². The number of aromatic nitrogens is 1. The highest BCUT2D eigenvalue weighted by molar-refractivity contribution is 5.87. The number of nitrogens with two attached hydrogens (primary N) is 1. The van der Waals surface area contributed by atoms with Crippen LogP contribution in [-0.4, -0.2) is 17.3 Å². The molecule has 1 aromatic heterocycles. The van der Waals surface area contributed by atoms with Gasteiger partial charge in [-0.25, -0.2) is 4.79 Å². The fourth-order valence-electron chi connectivity index (χ4n) is 2.36. The molecule has 0 aliphatic carbocycles. The van der Waals surface area contributed by atoms with Crippen molar-refractivity contribution in [3.8, 4) is 11.6 Å². The largest absolute Gasteiger partial charge is 0.515 e. The molecule has 5 nitrogen and oxygen atoms in total. The maximum Gasteiger partial charge on any atom is 0.515 e. The predicted octanol–water partition coefficient (Wildman–Crippen LogP) is 3.75. The second-order valence-corrected chi connectivity index (χ2v) is 4.76. The van der Waals surface area contributed by atoms with E-state index in [1.54, 1.807) is 13.0 Å². The third-order valence-electron chi connectivity index (χ3n) is 3.26. The van der Waals surface area contributed by atoms with E-state index < -0.39 is 6.16 Å². The number of carbonyl (C=O) groups is 1. The summed E-state index contributed by atoms with van der Waals surface area (Å²) in [6.45, 7) is 1.99. The molecule has 0 aliphatic heterocycles. The van der Waals surface area contributed by atoms with Crippen LogP contribution >= 0.6 is 0 Å². The zero-order chi connectivity index (χ0) is 15.5. The standard InChI is InChI=1S/C17H16N2O3/c1-2-21-17(20)22-16-11-12-10-13(18)8-9-15(12)19(16)14-6-4-3-5-7-14/h3-11H,2,18H2,1H3. The lowest BCUT2D eigenvalue weighted by atomic mass is 10.2. The van der Waals surface area contributed by atoms with E-state index in [0.29, 0.717) is 11.6 Å². The second kappa shape index (κ2) is 5.81. The summed E-state index contributed by atoms with van der Waals surface area (Å²) in [6.07, 6.45) is -0.726. The number of nitrogens with zero attached hydrogens (tertiary/aromatic N) is 1. The molecule has 0 fully saturated rings. The van der Waals surface area contributed by atoms with Gasteiger partial charge in [0.15, 0.2) is 0 Å². The van der Waals surface area contributed by atoms with Crippen molar-refractivity contribution in [2.45, 2.75) is 6.92 Å². The molecule has 2 N–H and O–H groups in total. The zero-order valence-electron chi connectivity index (χ0n) is 12.2. The molecule has 0 amide bonds. The van der Waals surface area contributed by atoms with Gasteiger partial charge in [-0.05, 0) is 37.3 Å². The van der Waals surface area contributed by atoms with Gasteiger partial charge in [0.1, 0.15) is 0 Å². The number of hydrogen-bond acceptors (Lipinski definition) is 4. The molecule has 0 saturated carbocycles. The van der Waals surface area contributed by atoms with E-state index in [4.69, 9.17) is 15.2 Å². The molecule has 22 heavy (non-hydrogen) atoms. The van der Waals surface area contributed by atoms with E-state index in [-0.39, 0.29) is 6.61 Å². The van der Waals surface area contributed by atoms with Crippen molar-refractivity contribution in [3.63, 3.8) is 0 Å². The number of anilines is 1. The maximum atomic E-state index is 11.7. The lowest BCUT2D eigenvalue weighted by Gasteiger charge is -2.10. The highest BCUT2D eigenvalue weighted by Gasteiger charge is 2.15. The van der Waals surface area contributed by atoms with E-state index in [9.17, 15) is 4.79 Å². The number of rotatable bonds is 3. The summed E-state index contributed by atoms with van der Waals surface area (Å²) < 4.78 is 12.0. The molecule has 3 aromatic rings. The Morgan fingerprint density at radius 1 is 1.14 bits per heavy atom. The van der Waals surface area contributed by atoms with E-state index in [0.717, 1.165) is 16.6 Å². The number of ether oxygens (including phenoxy) is 2. The Morgan fingerprint density at radius 3 is 2.64 bits per heavy atom. The summed E-state index contributed by atoms with van der Waals surface area (Å²) in [4.78, 5) is 11.7. The average Bonchev–Trinajstić information content (AvgIpc) is 2.85. The summed E-state index contributed by atoms with van der Waals surface area (Å²) in [6, 6.07) is 17.0. The summed E-state index contributed by atoms with van der Waals surface area (Å²) in [5.74, 6) is 0.394. The molecule has 3 rings (SSSR count). The summed E-state index contributed by atoms with van der Waals surface area (Å²) in [7, 11) is 0. The van der Waals surface area contributed by atoms with Crippen molar-refractivity contribution in [2.24, 2.45) is 0 Å². The van der Waals surface area contributed by atoms with Crippen LogP contribution in [0, 0.1) is 0 Å². The predicted molar refractivity (Wildman–Crippen MR) is 85.3 cm³/mol. The Hall–Kier alpha value is -2.95. The van der Waals surface area contributed by atoms with Crippen LogP contribution in [0.15, 0.2) is 54.6 Å². The summed E-state index contributed by atoms with van der Waals surface area (Å²) in [5.41, 5.74) is 8.28. The van der Waals surface area contributed by atoms with Gasteiger partial charge < -0.3 is 15.2 Å². The van der Waals surface area contributed by atoms with E-state index in [1.165, 1.54) is 0 Å². The van der Waals surface area contributed by atoms with Gasteiger partial charge in [-0.15, -0.1) is 0 Å². The van der Waals surface area contributed by atoms with Crippen LogP contribution in [-0.2, 0) is 4.74 Å². The minimum absolute atomic E-state index is 0.261. The topological polar surface area (TPSA) is 66.5 Å². The molecule has 0 unspecified atom stereocenters. The Kier molecular flexibility index (Phi) is 3.70. The fourth-order valence-corrected chi connectivity index (χ4v) is 2.36. The Bertz CT molecular complexity index is 809. The lowest BCUT2D eigenvalue weighted by molar-refractivity contribution is 0.102. The Morgan fingerprint density at radius 2 is 1.91 bits per heavy atom. The van der Waals surface area contributed by atoms with Gasteiger partial charge in [-0.3, -0.25) is 4.57 Å². The Labute approximate surface area is 127 Å². The van der Waals surface area contributed by atoms with Crippen molar-refractivity contribution in [1.82, 2.24) is 4.57 Å². The fraction of sp³-hybridized carbons (Fsp3) is 0.118. The number of nitrogen functional groups attached to an aromatic ring is 1. The van der Waals surface area contributed by atoms with E-state index >= 15 is 0 Å². The van der Waals surface area contributed by atoms with Gasteiger partial charge in [0, 0.05) is 22.8 Å². The molecule has 0 spiro atoms. The molecule has 0 radical (unpaired) electrons. The highest BCUT2D eigenvalue weighted by Crippen LogP contribution is 2.31.